The number of rotatable bonds is 5. The van der Waals surface area contributed by atoms with Crippen molar-refractivity contribution in [2.45, 2.75) is 33.2 Å². The molecule has 0 fully saturated rings. The molecule has 0 bridgehead atoms. The van der Waals surface area contributed by atoms with Crippen LogP contribution in [0.1, 0.15) is 37.6 Å². The van der Waals surface area contributed by atoms with E-state index in [1.54, 1.807) is 12.1 Å². The van der Waals surface area contributed by atoms with Crippen LogP contribution in [0.25, 0.3) is 11.4 Å². The van der Waals surface area contributed by atoms with E-state index < -0.39 is 0 Å². The number of halogens is 2. The molecular weight excluding hydrogens is 305 g/mol. The topological polar surface area (TPSA) is 37.8 Å². The number of benzene rings is 1. The molecule has 2 aromatic rings. The van der Waals surface area contributed by atoms with E-state index in [1.165, 1.54) is 0 Å². The second kappa shape index (κ2) is 7.21. The van der Waals surface area contributed by atoms with Crippen LogP contribution in [0.3, 0.4) is 0 Å². The van der Waals surface area contributed by atoms with Gasteiger partial charge in [0.15, 0.2) is 5.82 Å². The van der Waals surface area contributed by atoms with Gasteiger partial charge in [-0.3, -0.25) is 0 Å². The van der Waals surface area contributed by atoms with Gasteiger partial charge in [-0.1, -0.05) is 30.1 Å². The van der Waals surface area contributed by atoms with Crippen molar-refractivity contribution in [1.82, 2.24) is 15.3 Å². The Hall–Kier alpha value is -1.16. The van der Waals surface area contributed by atoms with Crippen LogP contribution in [0.15, 0.2) is 24.4 Å². The van der Waals surface area contributed by atoms with Crippen molar-refractivity contribution in [3.63, 3.8) is 0 Å². The van der Waals surface area contributed by atoms with Gasteiger partial charge in [0.2, 0.25) is 0 Å². The van der Waals surface area contributed by atoms with E-state index in [-0.39, 0.29) is 6.04 Å². The van der Waals surface area contributed by atoms with Crippen LogP contribution in [0.2, 0.25) is 10.0 Å². The molecule has 0 aliphatic rings. The molecule has 0 radical (unpaired) electrons. The van der Waals surface area contributed by atoms with Crippen LogP contribution in [-0.2, 0) is 0 Å². The Morgan fingerprint density at radius 2 is 2.00 bits per heavy atom. The number of hydrogen-bond acceptors (Lipinski definition) is 3. The van der Waals surface area contributed by atoms with Gasteiger partial charge in [0.05, 0.1) is 10.0 Å². The lowest BCUT2D eigenvalue weighted by atomic mass is 10.1. The zero-order valence-electron chi connectivity index (χ0n) is 12.5. The van der Waals surface area contributed by atoms with E-state index in [4.69, 9.17) is 23.2 Å². The maximum Gasteiger partial charge on any atom is 0.159 e. The van der Waals surface area contributed by atoms with E-state index in [0.717, 1.165) is 29.8 Å². The number of aromatic nitrogens is 2. The molecule has 21 heavy (non-hydrogen) atoms. The Labute approximate surface area is 135 Å². The largest absolute Gasteiger partial charge is 0.310 e. The van der Waals surface area contributed by atoms with Crippen LogP contribution < -0.4 is 5.32 Å². The van der Waals surface area contributed by atoms with Gasteiger partial charge in [-0.2, -0.15) is 0 Å². The van der Waals surface area contributed by atoms with Gasteiger partial charge in [0.25, 0.3) is 0 Å². The van der Waals surface area contributed by atoms with E-state index in [0.29, 0.717) is 15.9 Å². The highest BCUT2D eigenvalue weighted by molar-refractivity contribution is 6.42. The fraction of sp³-hybridized carbons (Fsp3) is 0.375. The van der Waals surface area contributed by atoms with Crippen LogP contribution in [0.5, 0.6) is 0 Å². The van der Waals surface area contributed by atoms with Crippen molar-refractivity contribution in [2.24, 2.45) is 0 Å². The SMILES string of the molecule is CCCNC(C)c1cnc(-c2ccc(Cl)c(Cl)c2)nc1C. The summed E-state index contributed by atoms with van der Waals surface area (Å²) in [6.45, 7) is 7.26. The summed E-state index contributed by atoms with van der Waals surface area (Å²) in [5.41, 5.74) is 2.96. The molecule has 1 atom stereocenters. The molecule has 0 saturated heterocycles. The maximum atomic E-state index is 6.04. The fourth-order valence-electron chi connectivity index (χ4n) is 2.15. The lowest BCUT2D eigenvalue weighted by Crippen LogP contribution is -2.20. The van der Waals surface area contributed by atoms with Gasteiger partial charge in [-0.15, -0.1) is 0 Å². The highest BCUT2D eigenvalue weighted by Crippen LogP contribution is 2.27. The quantitative estimate of drug-likeness (QED) is 0.857. The smallest absolute Gasteiger partial charge is 0.159 e. The third kappa shape index (κ3) is 3.94. The van der Waals surface area contributed by atoms with Gasteiger partial charge in [-0.05, 0) is 45.0 Å². The number of nitrogens with one attached hydrogen (secondary N) is 1. The molecule has 2 rings (SSSR count). The van der Waals surface area contributed by atoms with E-state index in [2.05, 4.69) is 29.1 Å². The second-order valence-electron chi connectivity index (χ2n) is 5.04. The van der Waals surface area contributed by atoms with Crippen LogP contribution in [0.4, 0.5) is 0 Å². The van der Waals surface area contributed by atoms with Crippen molar-refractivity contribution in [2.75, 3.05) is 6.54 Å². The van der Waals surface area contributed by atoms with Gasteiger partial charge in [0, 0.05) is 29.1 Å². The molecule has 0 spiro atoms. The van der Waals surface area contributed by atoms with Crippen molar-refractivity contribution >= 4 is 23.2 Å². The molecule has 0 amide bonds. The Balaban J connectivity index is 2.27. The summed E-state index contributed by atoms with van der Waals surface area (Å²) < 4.78 is 0. The number of aryl methyl sites for hydroxylation is 1. The van der Waals surface area contributed by atoms with Gasteiger partial charge in [-0.25, -0.2) is 9.97 Å². The monoisotopic (exact) mass is 323 g/mol. The lowest BCUT2D eigenvalue weighted by molar-refractivity contribution is 0.564. The molecule has 0 aliphatic heterocycles. The van der Waals surface area contributed by atoms with E-state index in [9.17, 15) is 0 Å². The Morgan fingerprint density at radius 3 is 2.62 bits per heavy atom. The van der Waals surface area contributed by atoms with Crippen molar-refractivity contribution in [3.05, 3.63) is 45.7 Å². The summed E-state index contributed by atoms with van der Waals surface area (Å²) in [5, 5.41) is 4.49. The fourth-order valence-corrected chi connectivity index (χ4v) is 2.44. The summed E-state index contributed by atoms with van der Waals surface area (Å²) in [6.07, 6.45) is 2.99. The van der Waals surface area contributed by atoms with Crippen molar-refractivity contribution < 1.29 is 0 Å². The Kier molecular flexibility index (Phi) is 5.57. The average Bonchev–Trinajstić information content (AvgIpc) is 2.47. The third-order valence-corrected chi connectivity index (χ3v) is 4.10. The molecule has 3 nitrogen and oxygen atoms in total. The highest BCUT2D eigenvalue weighted by atomic mass is 35.5. The Morgan fingerprint density at radius 1 is 1.24 bits per heavy atom. The van der Waals surface area contributed by atoms with Crippen LogP contribution in [0, 0.1) is 6.92 Å². The number of hydrogen-bond donors (Lipinski definition) is 1. The molecular formula is C16H19Cl2N3. The Bertz CT molecular complexity index is 629. The predicted octanol–water partition coefficient (Wildman–Crippen LogP) is 4.82. The first-order chi connectivity index (χ1) is 10.0. The maximum absolute atomic E-state index is 6.04. The standard InChI is InChI=1S/C16H19Cl2N3/c1-4-7-19-10(2)13-9-20-16(21-11(13)3)12-5-6-14(17)15(18)8-12/h5-6,8-10,19H,4,7H2,1-3H3. The first-order valence-corrected chi connectivity index (χ1v) is 7.80. The molecule has 1 aromatic heterocycles. The average molecular weight is 324 g/mol. The molecule has 1 aromatic carbocycles. The minimum absolute atomic E-state index is 0.243. The predicted molar refractivity (Wildman–Crippen MR) is 88.9 cm³/mol. The van der Waals surface area contributed by atoms with E-state index >= 15 is 0 Å². The first-order valence-electron chi connectivity index (χ1n) is 7.05. The minimum Gasteiger partial charge on any atom is -0.310 e. The van der Waals surface area contributed by atoms with Crippen LogP contribution in [-0.4, -0.2) is 16.5 Å². The molecule has 1 N–H and O–H groups in total. The van der Waals surface area contributed by atoms with Crippen molar-refractivity contribution in [3.8, 4) is 11.4 Å². The summed E-state index contributed by atoms with van der Waals surface area (Å²) in [5.74, 6) is 0.664. The van der Waals surface area contributed by atoms with Gasteiger partial charge < -0.3 is 5.32 Å². The normalized spacial score (nSPS) is 12.4. The minimum atomic E-state index is 0.243. The molecule has 5 heteroatoms. The summed E-state index contributed by atoms with van der Waals surface area (Å²) in [4.78, 5) is 9.05. The molecule has 1 unspecified atom stereocenters. The second-order valence-corrected chi connectivity index (χ2v) is 5.85. The van der Waals surface area contributed by atoms with Crippen LogP contribution >= 0.6 is 23.2 Å². The first kappa shape index (κ1) is 16.2. The summed E-state index contributed by atoms with van der Waals surface area (Å²) >= 11 is 12.0. The zero-order chi connectivity index (χ0) is 15.4. The summed E-state index contributed by atoms with van der Waals surface area (Å²) in [7, 11) is 0. The third-order valence-electron chi connectivity index (χ3n) is 3.36. The molecule has 1 heterocycles. The van der Waals surface area contributed by atoms with Gasteiger partial charge >= 0.3 is 0 Å². The van der Waals surface area contributed by atoms with E-state index in [1.807, 2.05) is 19.2 Å². The zero-order valence-corrected chi connectivity index (χ0v) is 14.0. The molecule has 0 saturated carbocycles. The number of nitrogens with zero attached hydrogens (tertiary/aromatic N) is 2. The summed E-state index contributed by atoms with van der Waals surface area (Å²) in [6, 6.07) is 5.67. The molecule has 0 aliphatic carbocycles. The van der Waals surface area contributed by atoms with Gasteiger partial charge in [0.1, 0.15) is 0 Å². The molecule has 112 valence electrons. The lowest BCUT2D eigenvalue weighted by Gasteiger charge is -2.15. The highest BCUT2D eigenvalue weighted by Gasteiger charge is 2.12. The van der Waals surface area contributed by atoms with Crippen molar-refractivity contribution in [1.29, 1.82) is 0 Å².